The van der Waals surface area contributed by atoms with Gasteiger partial charge in [0.05, 0.1) is 17.9 Å². The first-order chi connectivity index (χ1) is 19.6. The lowest BCUT2D eigenvalue weighted by Crippen LogP contribution is -2.48. The van der Waals surface area contributed by atoms with Crippen molar-refractivity contribution < 1.29 is 33.0 Å². The summed E-state index contributed by atoms with van der Waals surface area (Å²) in [7, 11) is 0. The minimum absolute atomic E-state index is 0.000775. The van der Waals surface area contributed by atoms with E-state index < -0.39 is 59.9 Å². The summed E-state index contributed by atoms with van der Waals surface area (Å²) in [4.78, 5) is 27.5. The number of alkyl halides is 2. The Balaban J connectivity index is 1.44. The monoisotopic (exact) mass is 580 g/mol. The number of amides is 2. The molecule has 0 saturated heterocycles. The second-order valence-electron chi connectivity index (χ2n) is 9.65. The Kier molecular flexibility index (Phi) is 7.61. The number of halogens is 4. The Hall–Kier alpha value is -4.18. The molecular formula is C31H24ClF3N2O4. The van der Waals surface area contributed by atoms with Crippen LogP contribution in [0.15, 0.2) is 91.0 Å². The Labute approximate surface area is 238 Å². The number of hydrogen-bond acceptors (Lipinski definition) is 4. The minimum atomic E-state index is -3.82. The molecular weight excluding hydrogens is 557 g/mol. The topological polar surface area (TPSA) is 89.9 Å². The van der Waals surface area contributed by atoms with Crippen LogP contribution < -0.4 is 10.2 Å². The number of nitrogens with zero attached hydrogens (tertiary/aromatic N) is 1. The average molecular weight is 581 g/mol. The molecule has 4 aromatic carbocycles. The van der Waals surface area contributed by atoms with E-state index in [9.17, 15) is 28.6 Å². The predicted octanol–water partition coefficient (Wildman–Crippen LogP) is 6.26. The predicted molar refractivity (Wildman–Crippen MR) is 150 cm³/mol. The lowest BCUT2D eigenvalue weighted by atomic mass is 9.86. The van der Waals surface area contributed by atoms with Gasteiger partial charge in [-0.3, -0.25) is 9.59 Å². The maximum atomic E-state index is 15.3. The first-order valence-corrected chi connectivity index (χ1v) is 13.0. The van der Waals surface area contributed by atoms with E-state index in [0.717, 1.165) is 28.7 Å². The molecule has 210 valence electrons. The van der Waals surface area contributed by atoms with E-state index in [1.165, 1.54) is 18.2 Å². The highest BCUT2D eigenvalue weighted by atomic mass is 35.5. The molecule has 0 radical (unpaired) electrons. The molecule has 1 aliphatic heterocycles. The van der Waals surface area contributed by atoms with Crippen LogP contribution in [0.4, 0.5) is 24.5 Å². The van der Waals surface area contributed by atoms with Crippen LogP contribution >= 0.6 is 11.6 Å². The number of carbonyl (C=O) groups excluding carboxylic acids is 2. The summed E-state index contributed by atoms with van der Waals surface area (Å²) in [6.45, 7) is -1.90. The van der Waals surface area contributed by atoms with Crippen LogP contribution in [-0.2, 0) is 5.60 Å². The largest absolute Gasteiger partial charge is 0.393 e. The molecule has 0 unspecified atom stereocenters. The summed E-state index contributed by atoms with van der Waals surface area (Å²) >= 11 is 5.99. The quantitative estimate of drug-likeness (QED) is 0.260. The van der Waals surface area contributed by atoms with Crippen LogP contribution in [0.1, 0.15) is 32.7 Å². The van der Waals surface area contributed by atoms with Gasteiger partial charge in [0.25, 0.3) is 17.7 Å². The lowest BCUT2D eigenvalue weighted by Gasteiger charge is -2.33. The Morgan fingerprint density at radius 2 is 1.63 bits per heavy atom. The van der Waals surface area contributed by atoms with Gasteiger partial charge in [0.2, 0.25) is 0 Å². The van der Waals surface area contributed by atoms with Crippen molar-refractivity contribution in [3.63, 3.8) is 0 Å². The van der Waals surface area contributed by atoms with E-state index in [1.54, 1.807) is 24.3 Å². The fourth-order valence-electron chi connectivity index (χ4n) is 4.92. The summed E-state index contributed by atoms with van der Waals surface area (Å²) in [5.74, 6) is -6.25. The standard InChI is InChI=1S/C31H24ClF3N2O4/c32-20-10-13-27-25(16-20)30(41,18-38)31(34,35)14-15-37(27)29(40)24-12-11-21(17-26(24)33)36-28(39)23-9-5-4-8-22(23)19-6-2-1-3-7-19/h1-13,16-17,38,41H,14-15,18H2,(H,36,39)/t30-/m0/s1. The summed E-state index contributed by atoms with van der Waals surface area (Å²) in [6.07, 6.45) is -1.00. The molecule has 6 nitrogen and oxygen atoms in total. The third-order valence-corrected chi connectivity index (χ3v) is 7.37. The summed E-state index contributed by atoms with van der Waals surface area (Å²) in [5, 5.41) is 23.2. The lowest BCUT2D eigenvalue weighted by molar-refractivity contribution is -0.205. The van der Waals surface area contributed by atoms with E-state index in [4.69, 9.17) is 11.6 Å². The number of nitrogens with one attached hydrogen (secondary N) is 1. The number of hydrogen-bond donors (Lipinski definition) is 3. The fraction of sp³-hybridized carbons (Fsp3) is 0.161. The highest BCUT2D eigenvalue weighted by Gasteiger charge is 2.56. The maximum absolute atomic E-state index is 15.3. The van der Waals surface area contributed by atoms with Gasteiger partial charge in [-0.05, 0) is 53.6 Å². The summed E-state index contributed by atoms with van der Waals surface area (Å²) < 4.78 is 45.3. The number of anilines is 2. The molecule has 5 rings (SSSR count). The first kappa shape index (κ1) is 28.4. The molecule has 0 fully saturated rings. The van der Waals surface area contributed by atoms with Crippen molar-refractivity contribution in [3.05, 3.63) is 119 Å². The van der Waals surface area contributed by atoms with Crippen molar-refractivity contribution in [2.45, 2.75) is 17.9 Å². The van der Waals surface area contributed by atoms with Gasteiger partial charge in [0, 0.05) is 34.8 Å². The number of aliphatic hydroxyl groups excluding tert-OH is 1. The highest BCUT2D eigenvalue weighted by molar-refractivity contribution is 6.30. The highest BCUT2D eigenvalue weighted by Crippen LogP contribution is 2.47. The number of fused-ring (bicyclic) bond motifs is 1. The van der Waals surface area contributed by atoms with Gasteiger partial charge in [-0.2, -0.15) is 0 Å². The zero-order chi connectivity index (χ0) is 29.4. The Bertz CT molecular complexity index is 1630. The molecule has 10 heteroatoms. The SMILES string of the molecule is O=C(Nc1ccc(C(=O)N2CCC(F)(F)[C@](O)(CO)c3cc(Cl)ccc32)c(F)c1)c1ccccc1-c1ccccc1. The van der Waals surface area contributed by atoms with Crippen molar-refractivity contribution in [1.82, 2.24) is 0 Å². The summed E-state index contributed by atoms with van der Waals surface area (Å²) in [6, 6.07) is 23.3. The van der Waals surface area contributed by atoms with E-state index in [0.29, 0.717) is 11.1 Å². The molecule has 0 aromatic heterocycles. The van der Waals surface area contributed by atoms with Gasteiger partial charge >= 0.3 is 0 Å². The molecule has 0 aliphatic carbocycles. The normalized spacial score (nSPS) is 17.9. The molecule has 1 aliphatic rings. The van der Waals surface area contributed by atoms with Gasteiger partial charge in [-0.15, -0.1) is 0 Å². The van der Waals surface area contributed by atoms with E-state index in [1.807, 2.05) is 30.3 Å². The van der Waals surface area contributed by atoms with Gasteiger partial charge in [0.15, 0.2) is 5.60 Å². The zero-order valence-corrected chi connectivity index (χ0v) is 22.2. The molecule has 2 amide bonds. The number of rotatable bonds is 5. The van der Waals surface area contributed by atoms with Crippen molar-refractivity contribution in [2.24, 2.45) is 0 Å². The zero-order valence-electron chi connectivity index (χ0n) is 21.5. The van der Waals surface area contributed by atoms with Gasteiger partial charge < -0.3 is 20.4 Å². The molecule has 0 saturated carbocycles. The average Bonchev–Trinajstić information content (AvgIpc) is 3.05. The Morgan fingerprint density at radius 3 is 2.34 bits per heavy atom. The minimum Gasteiger partial charge on any atom is -0.393 e. The van der Waals surface area contributed by atoms with Gasteiger partial charge in [0.1, 0.15) is 5.82 Å². The van der Waals surface area contributed by atoms with E-state index >= 15 is 4.39 Å². The molecule has 3 N–H and O–H groups in total. The second-order valence-corrected chi connectivity index (χ2v) is 10.1. The Morgan fingerprint density at radius 1 is 0.927 bits per heavy atom. The molecule has 1 atom stereocenters. The second kappa shape index (κ2) is 11.0. The van der Waals surface area contributed by atoms with Crippen molar-refractivity contribution in [1.29, 1.82) is 0 Å². The number of benzene rings is 4. The first-order valence-electron chi connectivity index (χ1n) is 12.6. The molecule has 4 aromatic rings. The van der Waals surface area contributed by atoms with Crippen LogP contribution in [0, 0.1) is 5.82 Å². The third kappa shape index (κ3) is 5.19. The van der Waals surface area contributed by atoms with Crippen molar-refractivity contribution in [2.75, 3.05) is 23.4 Å². The maximum Gasteiger partial charge on any atom is 0.284 e. The van der Waals surface area contributed by atoms with Crippen LogP contribution in [0.3, 0.4) is 0 Å². The smallest absolute Gasteiger partial charge is 0.284 e. The van der Waals surface area contributed by atoms with Crippen LogP contribution in [0.25, 0.3) is 11.1 Å². The van der Waals surface area contributed by atoms with E-state index in [-0.39, 0.29) is 16.4 Å². The molecule has 1 heterocycles. The molecule has 0 spiro atoms. The van der Waals surface area contributed by atoms with Crippen molar-refractivity contribution in [3.8, 4) is 11.1 Å². The van der Waals surface area contributed by atoms with Crippen LogP contribution in [-0.4, -0.2) is 41.1 Å². The fourth-order valence-corrected chi connectivity index (χ4v) is 5.10. The van der Waals surface area contributed by atoms with Crippen LogP contribution in [0.5, 0.6) is 0 Å². The third-order valence-electron chi connectivity index (χ3n) is 7.14. The number of aliphatic hydroxyl groups is 2. The molecule has 41 heavy (non-hydrogen) atoms. The molecule has 0 bridgehead atoms. The summed E-state index contributed by atoms with van der Waals surface area (Å²) in [5.41, 5.74) is -2.10. The van der Waals surface area contributed by atoms with Gasteiger partial charge in [-0.25, -0.2) is 13.2 Å². The van der Waals surface area contributed by atoms with Crippen molar-refractivity contribution >= 4 is 34.8 Å². The number of carbonyl (C=O) groups is 2. The van der Waals surface area contributed by atoms with E-state index in [2.05, 4.69) is 5.32 Å². The van der Waals surface area contributed by atoms with Gasteiger partial charge in [-0.1, -0.05) is 60.1 Å². The van der Waals surface area contributed by atoms with Crippen LogP contribution in [0.2, 0.25) is 5.02 Å².